The van der Waals surface area contributed by atoms with E-state index in [9.17, 15) is 4.79 Å². The maximum absolute atomic E-state index is 13.2. The zero-order valence-corrected chi connectivity index (χ0v) is 17.7. The van der Waals surface area contributed by atoms with E-state index in [-0.39, 0.29) is 17.7 Å². The van der Waals surface area contributed by atoms with E-state index in [0.717, 1.165) is 33.0 Å². The second kappa shape index (κ2) is 8.35. The van der Waals surface area contributed by atoms with Gasteiger partial charge in [-0.1, -0.05) is 59.8 Å². The van der Waals surface area contributed by atoms with Gasteiger partial charge in [0.05, 0.1) is 23.2 Å². The molecule has 3 heterocycles. The standard InChI is InChI=1S/C24H20N4O2S/c1-16-8-10-17(11-9-16)20-13-21(22-7-4-12-30-22)28(27-20)23(29)14-31-24-18-5-2-3-6-19(18)25-15-26-24/h2-12,15,21H,13-14H2,1H3/t21-/m0/s1. The number of para-hydroxylation sites is 1. The summed E-state index contributed by atoms with van der Waals surface area (Å²) in [5.74, 6) is 0.871. The van der Waals surface area contributed by atoms with Crippen LogP contribution in [0.3, 0.4) is 0 Å². The summed E-state index contributed by atoms with van der Waals surface area (Å²) in [7, 11) is 0. The molecule has 0 fully saturated rings. The second-order valence-electron chi connectivity index (χ2n) is 7.37. The van der Waals surface area contributed by atoms with Gasteiger partial charge in [-0.2, -0.15) is 5.10 Å². The fraction of sp³-hybridized carbons (Fsp3) is 0.167. The molecule has 5 rings (SSSR count). The van der Waals surface area contributed by atoms with Crippen molar-refractivity contribution in [3.05, 3.63) is 90.1 Å². The summed E-state index contributed by atoms with van der Waals surface area (Å²) in [4.78, 5) is 21.9. The summed E-state index contributed by atoms with van der Waals surface area (Å²) in [5, 5.41) is 7.98. The monoisotopic (exact) mass is 428 g/mol. The Labute approximate surface area is 184 Å². The zero-order valence-electron chi connectivity index (χ0n) is 16.9. The maximum Gasteiger partial charge on any atom is 0.253 e. The predicted octanol–water partition coefficient (Wildman–Crippen LogP) is 5.00. The molecule has 2 aromatic carbocycles. The van der Waals surface area contributed by atoms with Crippen LogP contribution >= 0.6 is 11.8 Å². The number of thioether (sulfide) groups is 1. The number of carbonyl (C=O) groups excluding carboxylic acids is 1. The maximum atomic E-state index is 13.2. The normalized spacial score (nSPS) is 16.0. The van der Waals surface area contributed by atoms with Crippen molar-refractivity contribution in [1.29, 1.82) is 0 Å². The molecule has 6 nitrogen and oxygen atoms in total. The van der Waals surface area contributed by atoms with Crippen LogP contribution in [0.25, 0.3) is 10.9 Å². The van der Waals surface area contributed by atoms with Crippen LogP contribution in [0.1, 0.15) is 29.3 Å². The van der Waals surface area contributed by atoms with Crippen molar-refractivity contribution in [2.24, 2.45) is 5.10 Å². The number of aryl methyl sites for hydroxylation is 1. The molecule has 1 aliphatic heterocycles. The molecule has 1 aliphatic rings. The Kier molecular flexibility index (Phi) is 5.26. The third kappa shape index (κ3) is 3.96. The molecular weight excluding hydrogens is 408 g/mol. The van der Waals surface area contributed by atoms with E-state index in [4.69, 9.17) is 9.52 Å². The lowest BCUT2D eigenvalue weighted by Crippen LogP contribution is -2.28. The third-order valence-corrected chi connectivity index (χ3v) is 6.25. The Hall–Kier alpha value is -3.45. The number of carbonyl (C=O) groups is 1. The smallest absolute Gasteiger partial charge is 0.253 e. The van der Waals surface area contributed by atoms with E-state index in [0.29, 0.717) is 6.42 Å². The van der Waals surface area contributed by atoms with Crippen molar-refractivity contribution in [3.63, 3.8) is 0 Å². The van der Waals surface area contributed by atoms with Crippen molar-refractivity contribution in [2.45, 2.75) is 24.4 Å². The van der Waals surface area contributed by atoms with E-state index in [2.05, 4.69) is 29.0 Å². The highest BCUT2D eigenvalue weighted by atomic mass is 32.2. The molecular formula is C24H20N4O2S. The molecule has 154 valence electrons. The largest absolute Gasteiger partial charge is 0.467 e. The van der Waals surface area contributed by atoms with E-state index < -0.39 is 0 Å². The second-order valence-corrected chi connectivity index (χ2v) is 8.34. The van der Waals surface area contributed by atoms with Crippen LogP contribution in [0, 0.1) is 6.92 Å². The Morgan fingerprint density at radius 1 is 1.10 bits per heavy atom. The number of hydrogen-bond donors (Lipinski definition) is 0. The van der Waals surface area contributed by atoms with Gasteiger partial charge in [0, 0.05) is 11.8 Å². The minimum absolute atomic E-state index is 0.0868. The van der Waals surface area contributed by atoms with Crippen LogP contribution in [-0.4, -0.2) is 32.3 Å². The third-order valence-electron chi connectivity index (χ3n) is 5.26. The minimum Gasteiger partial charge on any atom is -0.467 e. The molecule has 1 atom stereocenters. The minimum atomic E-state index is -0.249. The SMILES string of the molecule is Cc1ccc(C2=NN(C(=O)CSc3ncnc4ccccc34)[C@H](c3ccco3)C2)cc1. The van der Waals surface area contributed by atoms with Gasteiger partial charge >= 0.3 is 0 Å². The van der Waals surface area contributed by atoms with E-state index >= 15 is 0 Å². The van der Waals surface area contributed by atoms with E-state index in [1.165, 1.54) is 23.7 Å². The van der Waals surface area contributed by atoms with Gasteiger partial charge < -0.3 is 4.42 Å². The molecule has 4 aromatic rings. The highest BCUT2D eigenvalue weighted by Crippen LogP contribution is 2.34. The topological polar surface area (TPSA) is 71.6 Å². The number of nitrogens with zero attached hydrogens (tertiary/aromatic N) is 4. The molecule has 0 saturated heterocycles. The molecule has 2 aromatic heterocycles. The lowest BCUT2D eigenvalue weighted by Gasteiger charge is -2.19. The van der Waals surface area contributed by atoms with Crippen LogP contribution in [0.15, 0.2) is 87.8 Å². The van der Waals surface area contributed by atoms with Gasteiger partial charge in [0.25, 0.3) is 5.91 Å². The number of benzene rings is 2. The highest BCUT2D eigenvalue weighted by molar-refractivity contribution is 8.00. The first kappa shape index (κ1) is 19.5. The first-order valence-electron chi connectivity index (χ1n) is 10.0. The quantitative estimate of drug-likeness (QED) is 0.330. The van der Waals surface area contributed by atoms with Gasteiger partial charge in [0.15, 0.2) is 0 Å². The van der Waals surface area contributed by atoms with Crippen LogP contribution in [-0.2, 0) is 4.79 Å². The summed E-state index contributed by atoms with van der Waals surface area (Å²) in [5.41, 5.74) is 3.95. The van der Waals surface area contributed by atoms with Crippen LogP contribution < -0.4 is 0 Å². The average molecular weight is 429 g/mol. The number of fused-ring (bicyclic) bond motifs is 1. The summed E-state index contributed by atoms with van der Waals surface area (Å²) in [6, 6.07) is 19.5. The number of hydrogen-bond acceptors (Lipinski definition) is 6. The number of amides is 1. The van der Waals surface area contributed by atoms with Gasteiger partial charge in [0.1, 0.15) is 23.2 Å². The Bertz CT molecular complexity index is 1250. The van der Waals surface area contributed by atoms with Gasteiger partial charge in [-0.3, -0.25) is 4.79 Å². The summed E-state index contributed by atoms with van der Waals surface area (Å²) >= 11 is 1.40. The average Bonchev–Trinajstić information content (AvgIpc) is 3.48. The molecule has 0 aliphatic carbocycles. The van der Waals surface area contributed by atoms with Crippen molar-refractivity contribution in [2.75, 3.05) is 5.75 Å². The van der Waals surface area contributed by atoms with E-state index in [1.54, 1.807) is 11.3 Å². The molecule has 0 N–H and O–H groups in total. The van der Waals surface area contributed by atoms with Gasteiger partial charge in [-0.05, 0) is 30.7 Å². The Balaban J connectivity index is 1.39. The van der Waals surface area contributed by atoms with E-state index in [1.807, 2.05) is 48.5 Å². The summed E-state index contributed by atoms with van der Waals surface area (Å²) in [6.07, 6.45) is 3.78. The Morgan fingerprint density at radius 2 is 1.94 bits per heavy atom. The van der Waals surface area contributed by atoms with Gasteiger partial charge in [0.2, 0.25) is 0 Å². The first-order valence-corrected chi connectivity index (χ1v) is 11.0. The number of hydrazone groups is 1. The zero-order chi connectivity index (χ0) is 21.2. The lowest BCUT2D eigenvalue weighted by molar-refractivity contribution is -0.130. The van der Waals surface area contributed by atoms with Crippen LogP contribution in [0.4, 0.5) is 0 Å². The fourth-order valence-electron chi connectivity index (χ4n) is 3.65. The summed E-state index contributed by atoms with van der Waals surface area (Å²) in [6.45, 7) is 2.05. The summed E-state index contributed by atoms with van der Waals surface area (Å²) < 4.78 is 5.63. The molecule has 0 bridgehead atoms. The number of aromatic nitrogens is 2. The number of rotatable bonds is 5. The molecule has 1 amide bonds. The molecule has 0 spiro atoms. The lowest BCUT2D eigenvalue weighted by atomic mass is 10.0. The Morgan fingerprint density at radius 3 is 2.74 bits per heavy atom. The molecule has 0 radical (unpaired) electrons. The van der Waals surface area contributed by atoms with Crippen molar-refractivity contribution in [3.8, 4) is 0 Å². The molecule has 31 heavy (non-hydrogen) atoms. The fourth-order valence-corrected chi connectivity index (χ4v) is 4.50. The molecule has 0 unspecified atom stereocenters. The van der Waals surface area contributed by atoms with Crippen molar-refractivity contribution < 1.29 is 9.21 Å². The first-order chi connectivity index (χ1) is 15.2. The molecule has 0 saturated carbocycles. The predicted molar refractivity (Wildman–Crippen MR) is 121 cm³/mol. The van der Waals surface area contributed by atoms with Crippen molar-refractivity contribution in [1.82, 2.24) is 15.0 Å². The molecule has 7 heteroatoms. The van der Waals surface area contributed by atoms with Crippen LogP contribution in [0.5, 0.6) is 0 Å². The van der Waals surface area contributed by atoms with Crippen molar-refractivity contribution >= 4 is 34.3 Å². The van der Waals surface area contributed by atoms with Crippen LogP contribution in [0.2, 0.25) is 0 Å². The van der Waals surface area contributed by atoms with Gasteiger partial charge in [-0.15, -0.1) is 0 Å². The highest BCUT2D eigenvalue weighted by Gasteiger charge is 2.34. The number of furan rings is 1. The van der Waals surface area contributed by atoms with Gasteiger partial charge in [-0.25, -0.2) is 15.0 Å².